The predicted molar refractivity (Wildman–Crippen MR) is 115 cm³/mol. The summed E-state index contributed by atoms with van der Waals surface area (Å²) in [5.41, 5.74) is 1.07. The van der Waals surface area contributed by atoms with Crippen LogP contribution in [0.15, 0.2) is 29.2 Å². The molecule has 0 unspecified atom stereocenters. The number of nitrogens with zero attached hydrogens (tertiary/aromatic N) is 1. The lowest BCUT2D eigenvalue weighted by Crippen LogP contribution is -2.69. The van der Waals surface area contributed by atoms with Crippen LogP contribution in [0.4, 0.5) is 0 Å². The highest BCUT2D eigenvalue weighted by atomic mass is 32.2. The molecule has 0 radical (unpaired) electrons. The van der Waals surface area contributed by atoms with Crippen LogP contribution in [-0.2, 0) is 10.0 Å². The summed E-state index contributed by atoms with van der Waals surface area (Å²) in [6.45, 7) is 23.9. The van der Waals surface area contributed by atoms with Gasteiger partial charge in [-0.25, -0.2) is 12.1 Å². The molecule has 0 saturated carbocycles. The van der Waals surface area contributed by atoms with Crippen molar-refractivity contribution in [2.75, 3.05) is 0 Å². The van der Waals surface area contributed by atoms with Gasteiger partial charge in [-0.1, -0.05) is 85.4 Å². The van der Waals surface area contributed by atoms with E-state index in [4.69, 9.17) is 0 Å². The van der Waals surface area contributed by atoms with Crippen molar-refractivity contribution < 1.29 is 8.42 Å². The van der Waals surface area contributed by atoms with Crippen molar-refractivity contribution in [2.45, 2.75) is 89.6 Å². The Hall–Kier alpha value is -0.436. The van der Waals surface area contributed by atoms with Gasteiger partial charge in [0.1, 0.15) is 16.5 Å². The molecular formula is C19H37NO2SSi2. The van der Waals surface area contributed by atoms with Crippen LogP contribution in [0.25, 0.3) is 0 Å². The highest BCUT2D eigenvalue weighted by molar-refractivity contribution is 7.92. The van der Waals surface area contributed by atoms with Gasteiger partial charge in [0.15, 0.2) is 0 Å². The van der Waals surface area contributed by atoms with Gasteiger partial charge in [-0.05, 0) is 29.1 Å². The Kier molecular flexibility index (Phi) is 5.99. The minimum atomic E-state index is -3.54. The average molecular weight is 400 g/mol. The Morgan fingerprint density at radius 1 is 0.760 bits per heavy atom. The van der Waals surface area contributed by atoms with Crippen LogP contribution in [0.3, 0.4) is 0 Å². The van der Waals surface area contributed by atoms with E-state index in [1.54, 1.807) is 12.1 Å². The molecule has 0 aliphatic heterocycles. The molecule has 0 bridgehead atoms. The first-order valence-electron chi connectivity index (χ1n) is 8.99. The van der Waals surface area contributed by atoms with Crippen molar-refractivity contribution in [2.24, 2.45) is 0 Å². The summed E-state index contributed by atoms with van der Waals surface area (Å²) in [4.78, 5) is 0.424. The molecule has 0 heterocycles. The fraction of sp³-hybridized carbons (Fsp3) is 0.684. The van der Waals surface area contributed by atoms with Crippen LogP contribution in [0, 0.1) is 6.92 Å². The highest BCUT2D eigenvalue weighted by Crippen LogP contribution is 2.49. The lowest BCUT2D eigenvalue weighted by Gasteiger charge is -2.55. The SMILES string of the molecule is Cc1ccc(S(=O)(=O)N([Si](C)(C)C(C)(C)C)[Si](C)(C)C(C)(C)C)cc1. The Morgan fingerprint density at radius 3 is 1.36 bits per heavy atom. The van der Waals surface area contributed by atoms with Crippen molar-refractivity contribution in [3.8, 4) is 0 Å². The van der Waals surface area contributed by atoms with E-state index in [0.717, 1.165) is 5.56 Å². The Balaban J connectivity index is 3.77. The monoisotopic (exact) mass is 399 g/mol. The number of hydrogen-bond donors (Lipinski definition) is 0. The third kappa shape index (κ3) is 4.12. The Bertz CT molecular complexity index is 683. The van der Waals surface area contributed by atoms with E-state index in [-0.39, 0.29) is 10.1 Å². The van der Waals surface area contributed by atoms with Gasteiger partial charge >= 0.3 is 0 Å². The van der Waals surface area contributed by atoms with Gasteiger partial charge in [0.2, 0.25) is 10.0 Å². The smallest absolute Gasteiger partial charge is 0.231 e. The normalized spacial score (nSPS) is 14.9. The van der Waals surface area contributed by atoms with Gasteiger partial charge in [-0.3, -0.25) is 0 Å². The lowest BCUT2D eigenvalue weighted by atomic mass is 10.2. The molecule has 0 N–H and O–H groups in total. The van der Waals surface area contributed by atoms with Crippen molar-refractivity contribution in [1.82, 2.24) is 3.64 Å². The molecule has 1 aromatic rings. The van der Waals surface area contributed by atoms with Crippen LogP contribution in [0.2, 0.25) is 36.3 Å². The molecule has 3 nitrogen and oxygen atoms in total. The third-order valence-electron chi connectivity index (χ3n) is 6.25. The number of aryl methyl sites for hydroxylation is 1. The average Bonchev–Trinajstić information content (AvgIpc) is 2.35. The van der Waals surface area contributed by atoms with Gasteiger partial charge in [-0.15, -0.1) is 0 Å². The molecule has 0 saturated heterocycles. The summed E-state index contributed by atoms with van der Waals surface area (Å²) in [6, 6.07) is 7.31. The van der Waals surface area contributed by atoms with Gasteiger partial charge in [0, 0.05) is 0 Å². The zero-order valence-corrected chi connectivity index (χ0v) is 20.8. The maximum absolute atomic E-state index is 13.8. The van der Waals surface area contributed by atoms with Crippen LogP contribution in [0.1, 0.15) is 47.1 Å². The summed E-state index contributed by atoms with van der Waals surface area (Å²) in [7, 11) is -8.15. The molecule has 1 rings (SSSR count). The minimum Gasteiger partial charge on any atom is -0.241 e. The fourth-order valence-electron chi connectivity index (χ4n) is 2.72. The first-order chi connectivity index (χ1) is 10.9. The second-order valence-corrected chi connectivity index (χ2v) is 23.2. The maximum atomic E-state index is 13.8. The molecule has 0 aromatic heterocycles. The molecule has 6 heteroatoms. The van der Waals surface area contributed by atoms with E-state index in [1.807, 2.05) is 22.7 Å². The van der Waals surface area contributed by atoms with Crippen molar-refractivity contribution in [3.63, 3.8) is 0 Å². The van der Waals surface area contributed by atoms with Crippen molar-refractivity contribution in [3.05, 3.63) is 29.8 Å². The molecule has 0 atom stereocenters. The number of sulfonamides is 1. The number of benzene rings is 1. The summed E-state index contributed by atoms with van der Waals surface area (Å²) < 4.78 is 29.7. The van der Waals surface area contributed by atoms with Crippen LogP contribution < -0.4 is 0 Å². The fourth-order valence-corrected chi connectivity index (χ4v) is 19.3. The van der Waals surface area contributed by atoms with E-state index in [2.05, 4.69) is 67.7 Å². The molecule has 0 aliphatic rings. The summed E-state index contributed by atoms with van der Waals surface area (Å²) in [5.74, 6) is 0. The first kappa shape index (κ1) is 22.6. The molecule has 0 fully saturated rings. The van der Waals surface area contributed by atoms with Crippen LogP contribution >= 0.6 is 0 Å². The van der Waals surface area contributed by atoms with Crippen molar-refractivity contribution in [1.29, 1.82) is 0 Å². The third-order valence-corrected chi connectivity index (χ3v) is 24.5. The molecule has 0 amide bonds. The summed E-state index contributed by atoms with van der Waals surface area (Å²) >= 11 is 0. The van der Waals surface area contributed by atoms with E-state index >= 15 is 0 Å². The minimum absolute atomic E-state index is 0.0553. The molecular weight excluding hydrogens is 362 g/mol. The van der Waals surface area contributed by atoms with Crippen molar-refractivity contribution >= 4 is 26.5 Å². The zero-order valence-electron chi connectivity index (χ0n) is 18.0. The molecule has 144 valence electrons. The predicted octanol–water partition coefficient (Wildman–Crippen LogP) is 6.00. The summed E-state index contributed by atoms with van der Waals surface area (Å²) in [5, 5.41) is -0.111. The standard InChI is InChI=1S/C19H37NO2SSi2/c1-16-12-14-17(15-13-16)23(21,22)20(24(8,9)18(2,3)4)25(10,11)19(5,6)7/h12-15H,1-11H3. The molecule has 25 heavy (non-hydrogen) atoms. The largest absolute Gasteiger partial charge is 0.241 e. The van der Waals surface area contributed by atoms with Gasteiger partial charge < -0.3 is 0 Å². The highest BCUT2D eigenvalue weighted by Gasteiger charge is 2.57. The first-order valence-corrected chi connectivity index (χ1v) is 16.3. The second kappa shape index (κ2) is 6.62. The molecule has 1 aromatic carbocycles. The van der Waals surface area contributed by atoms with Crippen LogP contribution in [0.5, 0.6) is 0 Å². The molecule has 0 spiro atoms. The van der Waals surface area contributed by atoms with Gasteiger partial charge in [0.05, 0.1) is 4.90 Å². The zero-order chi connectivity index (χ0) is 20.1. The lowest BCUT2D eigenvalue weighted by molar-refractivity contribution is 0.548. The van der Waals surface area contributed by atoms with Gasteiger partial charge in [-0.2, -0.15) is 0 Å². The van der Waals surface area contributed by atoms with E-state index in [9.17, 15) is 8.42 Å². The van der Waals surface area contributed by atoms with Crippen LogP contribution in [-0.4, -0.2) is 28.5 Å². The van der Waals surface area contributed by atoms with E-state index in [0.29, 0.717) is 4.90 Å². The van der Waals surface area contributed by atoms with E-state index < -0.39 is 26.5 Å². The Morgan fingerprint density at radius 2 is 1.08 bits per heavy atom. The number of rotatable bonds is 4. The Labute approximate surface area is 158 Å². The summed E-state index contributed by atoms with van der Waals surface area (Å²) in [6.07, 6.45) is 0. The van der Waals surface area contributed by atoms with E-state index in [1.165, 1.54) is 0 Å². The quantitative estimate of drug-likeness (QED) is 0.583. The maximum Gasteiger partial charge on any atom is 0.231 e. The second-order valence-electron chi connectivity index (χ2n) is 10.2. The topological polar surface area (TPSA) is 37.4 Å². The number of hydrogen-bond acceptors (Lipinski definition) is 2. The molecule has 0 aliphatic carbocycles. The van der Waals surface area contributed by atoms with Gasteiger partial charge in [0.25, 0.3) is 0 Å².